The summed E-state index contributed by atoms with van der Waals surface area (Å²) in [7, 11) is 1.21. The first-order valence-corrected chi connectivity index (χ1v) is 18.7. The van der Waals surface area contributed by atoms with Gasteiger partial charge in [0.25, 0.3) is 0 Å². The zero-order chi connectivity index (χ0) is 42.1. The number of amides is 2. The average Bonchev–Trinajstić information content (AvgIpc) is 3.26. The van der Waals surface area contributed by atoms with Crippen LogP contribution in [0.4, 0.5) is 21.0 Å². The van der Waals surface area contributed by atoms with Crippen LogP contribution in [0.3, 0.4) is 0 Å². The van der Waals surface area contributed by atoms with Crippen LogP contribution in [-0.4, -0.2) is 82.8 Å². The lowest BCUT2D eigenvalue weighted by Gasteiger charge is -2.27. The Kier molecular flexibility index (Phi) is 15.5. The molecule has 16 heteroatoms. The Morgan fingerprint density at radius 3 is 1.54 bits per heavy atom. The molecule has 2 heterocycles. The number of esters is 1. The molecule has 16 nitrogen and oxygen atoms in total. The van der Waals surface area contributed by atoms with E-state index in [1.54, 1.807) is 21.9 Å². The van der Waals surface area contributed by atoms with Crippen LogP contribution in [-0.2, 0) is 32.2 Å². The molecular weight excluding hydrogens is 764 g/mol. The highest BCUT2D eigenvalue weighted by Crippen LogP contribution is 2.31. The van der Waals surface area contributed by atoms with E-state index in [-0.39, 0.29) is 48.3 Å². The first-order chi connectivity index (χ1) is 28.5. The zero-order valence-corrected chi connectivity index (χ0v) is 32.4. The van der Waals surface area contributed by atoms with Gasteiger partial charge in [-0.25, -0.2) is 14.4 Å². The monoisotopic (exact) mass is 808 g/mol. The Hall–Kier alpha value is -7.23. The number of phenolic OH excluding ortho intramolecular Hbond substituents is 1. The van der Waals surface area contributed by atoms with Gasteiger partial charge in [-0.3, -0.25) is 20.2 Å². The highest BCUT2D eigenvalue weighted by Gasteiger charge is 2.23. The standard InChI is InChI=1S/C23H24N2O7.C20H20N2O5/c1-30-22(26)16-31-21-8-7-19(14-20(21)25(28)29)13-17-9-11-24(12-10-17)23(27)32-15-18-5-3-2-4-6-18;23-19-7-6-17(13-18(19)22(25)26)12-15-8-10-21(11-9-15)20(24)27-14-16-4-2-1-3-5-16/h2-8,13-14H,9-12,15-16H2,1H3;1-7,12-13,23H,8-11,14H2. The van der Waals surface area contributed by atoms with Crippen molar-refractivity contribution in [2.45, 2.75) is 38.9 Å². The minimum atomic E-state index is -0.625. The number of aromatic hydroxyl groups is 1. The zero-order valence-electron chi connectivity index (χ0n) is 32.4. The van der Waals surface area contributed by atoms with Crippen molar-refractivity contribution >= 4 is 41.7 Å². The molecule has 2 aliphatic rings. The maximum absolute atomic E-state index is 12.3. The number of piperidine rings is 2. The third kappa shape index (κ3) is 13.2. The van der Waals surface area contributed by atoms with Gasteiger partial charge in [-0.1, -0.05) is 96.1 Å². The van der Waals surface area contributed by atoms with Crippen LogP contribution in [0.1, 0.15) is 47.9 Å². The lowest BCUT2D eigenvalue weighted by atomic mass is 10.0. The maximum Gasteiger partial charge on any atom is 0.410 e. The van der Waals surface area contributed by atoms with E-state index in [0.29, 0.717) is 63.0 Å². The van der Waals surface area contributed by atoms with Crippen LogP contribution < -0.4 is 4.74 Å². The molecule has 1 N–H and O–H groups in total. The Bertz CT molecular complexity index is 2160. The number of likely N-dealkylation sites (tertiary alicyclic amines) is 2. The molecule has 59 heavy (non-hydrogen) atoms. The van der Waals surface area contributed by atoms with Crippen LogP contribution in [0.25, 0.3) is 12.2 Å². The number of hydrogen-bond acceptors (Lipinski definition) is 12. The van der Waals surface area contributed by atoms with E-state index in [1.165, 1.54) is 31.4 Å². The van der Waals surface area contributed by atoms with Crippen molar-refractivity contribution < 1.29 is 48.3 Å². The fourth-order valence-electron chi connectivity index (χ4n) is 6.20. The first-order valence-electron chi connectivity index (χ1n) is 18.7. The number of nitrogens with zero attached hydrogens (tertiary/aromatic N) is 4. The van der Waals surface area contributed by atoms with Crippen LogP contribution >= 0.6 is 0 Å². The molecule has 0 unspecified atom stereocenters. The number of benzene rings is 4. The highest BCUT2D eigenvalue weighted by molar-refractivity contribution is 5.71. The predicted octanol–water partition coefficient (Wildman–Crippen LogP) is 8.08. The summed E-state index contributed by atoms with van der Waals surface area (Å²) in [6, 6.07) is 27.9. The van der Waals surface area contributed by atoms with Gasteiger partial charge >= 0.3 is 29.5 Å². The number of ether oxygens (including phenoxy) is 4. The molecule has 2 aliphatic heterocycles. The lowest BCUT2D eigenvalue weighted by molar-refractivity contribution is -0.386. The molecule has 0 saturated carbocycles. The van der Waals surface area contributed by atoms with Gasteiger partial charge < -0.3 is 33.9 Å². The molecule has 308 valence electrons. The van der Waals surface area contributed by atoms with Crippen molar-refractivity contribution in [1.82, 2.24) is 9.80 Å². The predicted molar refractivity (Wildman–Crippen MR) is 216 cm³/mol. The molecule has 0 aliphatic carbocycles. The van der Waals surface area contributed by atoms with Crippen LogP contribution in [0, 0.1) is 20.2 Å². The number of carbonyl (C=O) groups is 3. The van der Waals surface area contributed by atoms with E-state index < -0.39 is 22.4 Å². The molecule has 0 spiro atoms. The molecule has 6 rings (SSSR count). The molecule has 4 aromatic carbocycles. The number of nitro benzene ring substituents is 2. The van der Waals surface area contributed by atoms with Crippen molar-refractivity contribution in [3.05, 3.63) is 151 Å². The Balaban J connectivity index is 0.000000227. The van der Waals surface area contributed by atoms with Crippen LogP contribution in [0.5, 0.6) is 11.5 Å². The van der Waals surface area contributed by atoms with Gasteiger partial charge in [0.2, 0.25) is 0 Å². The second-order valence-electron chi connectivity index (χ2n) is 13.5. The van der Waals surface area contributed by atoms with Gasteiger partial charge in [-0.15, -0.1) is 0 Å². The average molecular weight is 809 g/mol. The molecule has 2 saturated heterocycles. The first kappa shape index (κ1) is 42.9. The highest BCUT2D eigenvalue weighted by atomic mass is 16.6. The van der Waals surface area contributed by atoms with Crippen LogP contribution in [0.2, 0.25) is 0 Å². The summed E-state index contributed by atoms with van der Waals surface area (Å²) in [6.07, 6.45) is 5.71. The summed E-state index contributed by atoms with van der Waals surface area (Å²) in [6.45, 7) is 2.18. The summed E-state index contributed by atoms with van der Waals surface area (Å²) < 4.78 is 20.4. The minimum Gasteiger partial charge on any atom is -0.502 e. The SMILES string of the molecule is COC(=O)COc1ccc(C=C2CCN(C(=O)OCc3ccccc3)CC2)cc1[N+](=O)[O-].O=C(OCc1ccccc1)N1CCC(=Cc2ccc(O)c([N+](=O)[O-])c2)CC1. The smallest absolute Gasteiger partial charge is 0.410 e. The number of carbonyl (C=O) groups excluding carboxylic acids is 3. The number of nitro groups is 2. The molecule has 2 amide bonds. The maximum atomic E-state index is 12.3. The van der Waals surface area contributed by atoms with Gasteiger partial charge in [-0.2, -0.15) is 0 Å². The molecular formula is C43H44N4O12. The number of methoxy groups -OCH3 is 1. The van der Waals surface area contributed by atoms with Gasteiger partial charge in [0, 0.05) is 38.3 Å². The van der Waals surface area contributed by atoms with Crippen LogP contribution in [0.15, 0.2) is 108 Å². The number of hydrogen-bond donors (Lipinski definition) is 1. The van der Waals surface area contributed by atoms with E-state index in [1.807, 2.05) is 72.8 Å². The van der Waals surface area contributed by atoms with E-state index in [0.717, 1.165) is 22.3 Å². The van der Waals surface area contributed by atoms with E-state index in [2.05, 4.69) is 4.74 Å². The lowest BCUT2D eigenvalue weighted by Crippen LogP contribution is -2.36. The van der Waals surface area contributed by atoms with Crippen molar-refractivity contribution in [1.29, 1.82) is 0 Å². The summed E-state index contributed by atoms with van der Waals surface area (Å²) in [5.41, 5.74) is 4.82. The number of phenols is 1. The van der Waals surface area contributed by atoms with Gasteiger partial charge in [-0.05, 0) is 60.1 Å². The van der Waals surface area contributed by atoms with E-state index >= 15 is 0 Å². The topological polar surface area (TPSA) is 201 Å². The normalized spacial score (nSPS) is 13.6. The second kappa shape index (κ2) is 21.3. The fraction of sp³-hybridized carbons (Fsp3) is 0.279. The summed E-state index contributed by atoms with van der Waals surface area (Å²) in [4.78, 5) is 60.2. The molecule has 0 bridgehead atoms. The van der Waals surface area contributed by atoms with Crippen molar-refractivity contribution in [2.24, 2.45) is 0 Å². The number of rotatable bonds is 11. The summed E-state index contributed by atoms with van der Waals surface area (Å²) in [5, 5.41) is 31.8. The largest absolute Gasteiger partial charge is 0.502 e. The Morgan fingerprint density at radius 1 is 0.661 bits per heavy atom. The third-order valence-electron chi connectivity index (χ3n) is 9.43. The second-order valence-corrected chi connectivity index (χ2v) is 13.5. The van der Waals surface area contributed by atoms with Gasteiger partial charge in [0.1, 0.15) is 13.2 Å². The molecule has 4 aromatic rings. The van der Waals surface area contributed by atoms with Gasteiger partial charge in [0.15, 0.2) is 18.1 Å². The fourth-order valence-corrected chi connectivity index (χ4v) is 6.20. The molecule has 2 fully saturated rings. The quantitative estimate of drug-likeness (QED) is 0.0662. The van der Waals surface area contributed by atoms with E-state index in [9.17, 15) is 39.7 Å². The Labute approximate surface area is 340 Å². The van der Waals surface area contributed by atoms with Gasteiger partial charge in [0.05, 0.1) is 17.0 Å². The van der Waals surface area contributed by atoms with Crippen molar-refractivity contribution in [2.75, 3.05) is 39.9 Å². The molecule has 0 aromatic heterocycles. The molecule has 0 atom stereocenters. The third-order valence-corrected chi connectivity index (χ3v) is 9.43. The van der Waals surface area contributed by atoms with Crippen molar-refractivity contribution in [3.8, 4) is 11.5 Å². The van der Waals surface area contributed by atoms with E-state index in [4.69, 9.17) is 14.2 Å². The molecule has 0 radical (unpaired) electrons. The Morgan fingerprint density at radius 2 is 1.10 bits per heavy atom. The summed E-state index contributed by atoms with van der Waals surface area (Å²) >= 11 is 0. The minimum absolute atomic E-state index is 0.00136. The summed E-state index contributed by atoms with van der Waals surface area (Å²) in [5.74, 6) is -0.976. The van der Waals surface area contributed by atoms with Crippen molar-refractivity contribution in [3.63, 3.8) is 0 Å².